The summed E-state index contributed by atoms with van der Waals surface area (Å²) in [4.78, 5) is 9.28. The topological polar surface area (TPSA) is 19.4 Å². The van der Waals surface area contributed by atoms with Gasteiger partial charge in [-0.2, -0.15) is 0 Å². The van der Waals surface area contributed by atoms with Gasteiger partial charge in [-0.05, 0) is 24.6 Å². The number of pyridine rings is 1. The fraction of sp³-hybridized carbons (Fsp3) is 0.615. The van der Waals surface area contributed by atoms with E-state index in [4.69, 9.17) is 0 Å². The van der Waals surface area contributed by atoms with Crippen molar-refractivity contribution in [2.45, 2.75) is 19.8 Å². The second-order valence-corrected chi connectivity index (χ2v) is 4.89. The highest BCUT2D eigenvalue weighted by molar-refractivity contribution is 5.40. The number of anilines is 1. The Hall–Kier alpha value is -1.09. The van der Waals surface area contributed by atoms with Crippen molar-refractivity contribution < 1.29 is 0 Å². The lowest BCUT2D eigenvalue weighted by molar-refractivity contribution is 0.312. The molecule has 0 unspecified atom stereocenters. The molecule has 0 saturated carbocycles. The van der Waals surface area contributed by atoms with Gasteiger partial charge in [0.2, 0.25) is 0 Å². The van der Waals surface area contributed by atoms with E-state index in [9.17, 15) is 0 Å². The first-order valence-corrected chi connectivity index (χ1v) is 6.06. The van der Waals surface area contributed by atoms with Crippen LogP contribution in [0.25, 0.3) is 0 Å². The quantitative estimate of drug-likeness (QED) is 0.758. The maximum atomic E-state index is 4.56. The first-order valence-electron chi connectivity index (χ1n) is 6.06. The number of piperazine rings is 1. The van der Waals surface area contributed by atoms with Crippen molar-refractivity contribution in [3.63, 3.8) is 0 Å². The first kappa shape index (κ1) is 11.4. The van der Waals surface area contributed by atoms with Gasteiger partial charge in [-0.25, -0.2) is 4.98 Å². The molecular formula is C13H21N3. The fourth-order valence-corrected chi connectivity index (χ4v) is 1.96. The largest absolute Gasteiger partial charge is 0.354 e. The summed E-state index contributed by atoms with van der Waals surface area (Å²) in [6.45, 7) is 8.84. The van der Waals surface area contributed by atoms with Gasteiger partial charge in [0.25, 0.3) is 0 Å². The summed E-state index contributed by atoms with van der Waals surface area (Å²) in [6.07, 6.45) is 2.01. The lowest BCUT2D eigenvalue weighted by Gasteiger charge is -2.33. The van der Waals surface area contributed by atoms with E-state index in [-0.39, 0.29) is 0 Å². The summed E-state index contributed by atoms with van der Waals surface area (Å²) in [6, 6.07) is 4.35. The van der Waals surface area contributed by atoms with Gasteiger partial charge in [-0.1, -0.05) is 19.9 Å². The van der Waals surface area contributed by atoms with E-state index in [1.165, 1.54) is 5.56 Å². The molecule has 3 heteroatoms. The van der Waals surface area contributed by atoms with Gasteiger partial charge in [-0.15, -0.1) is 0 Å². The van der Waals surface area contributed by atoms with Crippen molar-refractivity contribution in [1.29, 1.82) is 0 Å². The first-order chi connectivity index (χ1) is 7.66. The lowest BCUT2D eigenvalue weighted by Crippen LogP contribution is -2.44. The summed E-state index contributed by atoms with van der Waals surface area (Å²) in [5, 5.41) is 0. The van der Waals surface area contributed by atoms with Crippen LogP contribution in [0.1, 0.15) is 25.3 Å². The number of likely N-dealkylation sites (N-methyl/N-ethyl adjacent to an activating group) is 1. The third-order valence-corrected chi connectivity index (χ3v) is 3.26. The predicted octanol–water partition coefficient (Wildman–Crippen LogP) is 1.96. The Morgan fingerprint density at radius 1 is 1.12 bits per heavy atom. The molecule has 3 nitrogen and oxygen atoms in total. The van der Waals surface area contributed by atoms with Crippen LogP contribution >= 0.6 is 0 Å². The van der Waals surface area contributed by atoms with Crippen LogP contribution in [0, 0.1) is 0 Å². The zero-order chi connectivity index (χ0) is 11.5. The molecule has 1 fully saturated rings. The van der Waals surface area contributed by atoms with Gasteiger partial charge < -0.3 is 9.80 Å². The summed E-state index contributed by atoms with van der Waals surface area (Å²) < 4.78 is 0. The average molecular weight is 219 g/mol. The van der Waals surface area contributed by atoms with Crippen molar-refractivity contribution in [2.24, 2.45) is 0 Å². The third-order valence-electron chi connectivity index (χ3n) is 3.26. The van der Waals surface area contributed by atoms with Gasteiger partial charge in [0.15, 0.2) is 0 Å². The van der Waals surface area contributed by atoms with Crippen LogP contribution in [0.15, 0.2) is 18.3 Å². The zero-order valence-electron chi connectivity index (χ0n) is 10.5. The van der Waals surface area contributed by atoms with Crippen molar-refractivity contribution >= 4 is 5.82 Å². The Labute approximate surface area is 98.1 Å². The van der Waals surface area contributed by atoms with Crippen LogP contribution in [0.5, 0.6) is 0 Å². The van der Waals surface area contributed by atoms with E-state index in [1.54, 1.807) is 0 Å². The molecule has 2 heterocycles. The van der Waals surface area contributed by atoms with E-state index in [1.807, 2.05) is 6.20 Å². The molecule has 0 atom stereocenters. The minimum atomic E-state index is 0.564. The van der Waals surface area contributed by atoms with Gasteiger partial charge in [0.05, 0.1) is 0 Å². The van der Waals surface area contributed by atoms with E-state index in [2.05, 4.69) is 47.8 Å². The maximum absolute atomic E-state index is 4.56. The molecule has 0 spiro atoms. The van der Waals surface area contributed by atoms with E-state index in [0.717, 1.165) is 32.0 Å². The molecule has 0 bridgehead atoms. The Kier molecular flexibility index (Phi) is 3.44. The third kappa shape index (κ3) is 2.53. The minimum absolute atomic E-state index is 0.564. The number of nitrogens with zero attached hydrogens (tertiary/aromatic N) is 3. The molecule has 0 aromatic carbocycles. The standard InChI is InChI=1S/C13H21N3/c1-11(2)12-4-5-13(14-10-12)16-8-6-15(3)7-9-16/h4-5,10-11H,6-9H2,1-3H3. The molecular weight excluding hydrogens is 198 g/mol. The van der Waals surface area contributed by atoms with E-state index in [0.29, 0.717) is 5.92 Å². The van der Waals surface area contributed by atoms with Crippen LogP contribution < -0.4 is 4.90 Å². The highest BCUT2D eigenvalue weighted by atomic mass is 15.3. The molecule has 1 aromatic heterocycles. The molecule has 0 radical (unpaired) electrons. The summed E-state index contributed by atoms with van der Waals surface area (Å²) >= 11 is 0. The van der Waals surface area contributed by atoms with Gasteiger partial charge in [-0.3, -0.25) is 0 Å². The minimum Gasteiger partial charge on any atom is -0.354 e. The molecule has 1 aliphatic heterocycles. The molecule has 0 N–H and O–H groups in total. The fourth-order valence-electron chi connectivity index (χ4n) is 1.96. The van der Waals surface area contributed by atoms with Crippen molar-refractivity contribution in [2.75, 3.05) is 38.1 Å². The molecule has 0 aliphatic carbocycles. The predicted molar refractivity (Wildman–Crippen MR) is 68.0 cm³/mol. The van der Waals surface area contributed by atoms with Crippen molar-refractivity contribution in [1.82, 2.24) is 9.88 Å². The van der Waals surface area contributed by atoms with Crippen molar-refractivity contribution in [3.05, 3.63) is 23.9 Å². The summed E-state index contributed by atoms with van der Waals surface area (Å²) in [5.41, 5.74) is 1.32. The number of rotatable bonds is 2. The van der Waals surface area contributed by atoms with Crippen LogP contribution in [0.3, 0.4) is 0 Å². The summed E-state index contributed by atoms with van der Waals surface area (Å²) in [7, 11) is 2.17. The average Bonchev–Trinajstić information content (AvgIpc) is 2.30. The number of hydrogen-bond donors (Lipinski definition) is 0. The highest BCUT2D eigenvalue weighted by Crippen LogP contribution is 2.17. The number of hydrogen-bond acceptors (Lipinski definition) is 3. The molecule has 1 aromatic rings. The molecule has 0 amide bonds. The van der Waals surface area contributed by atoms with Crippen LogP contribution in [-0.4, -0.2) is 43.1 Å². The Balaban J connectivity index is 2.04. The second-order valence-electron chi connectivity index (χ2n) is 4.89. The molecule has 1 aliphatic rings. The SMILES string of the molecule is CC(C)c1ccc(N2CCN(C)CC2)nc1. The van der Waals surface area contributed by atoms with Crippen LogP contribution in [0.4, 0.5) is 5.82 Å². The normalized spacial score (nSPS) is 18.1. The Morgan fingerprint density at radius 3 is 2.31 bits per heavy atom. The van der Waals surface area contributed by atoms with Crippen LogP contribution in [0.2, 0.25) is 0 Å². The highest BCUT2D eigenvalue weighted by Gasteiger charge is 2.14. The maximum Gasteiger partial charge on any atom is 0.128 e. The monoisotopic (exact) mass is 219 g/mol. The van der Waals surface area contributed by atoms with Crippen molar-refractivity contribution in [3.8, 4) is 0 Å². The number of aromatic nitrogens is 1. The van der Waals surface area contributed by atoms with Crippen LogP contribution in [-0.2, 0) is 0 Å². The molecule has 16 heavy (non-hydrogen) atoms. The smallest absolute Gasteiger partial charge is 0.128 e. The Morgan fingerprint density at radius 2 is 1.81 bits per heavy atom. The Bertz CT molecular complexity index is 324. The van der Waals surface area contributed by atoms with Gasteiger partial charge in [0, 0.05) is 32.4 Å². The molecule has 1 saturated heterocycles. The molecule has 2 rings (SSSR count). The second kappa shape index (κ2) is 4.83. The van der Waals surface area contributed by atoms with E-state index < -0.39 is 0 Å². The molecule has 88 valence electrons. The lowest BCUT2D eigenvalue weighted by atomic mass is 10.1. The van der Waals surface area contributed by atoms with Gasteiger partial charge >= 0.3 is 0 Å². The van der Waals surface area contributed by atoms with Gasteiger partial charge in [0.1, 0.15) is 5.82 Å². The zero-order valence-corrected chi connectivity index (χ0v) is 10.5. The van der Waals surface area contributed by atoms with E-state index >= 15 is 0 Å². The summed E-state index contributed by atoms with van der Waals surface area (Å²) in [5.74, 6) is 1.69.